The van der Waals surface area contributed by atoms with Gasteiger partial charge in [-0.3, -0.25) is 4.90 Å². The highest BCUT2D eigenvalue weighted by Crippen LogP contribution is 2.36. The highest BCUT2D eigenvalue weighted by atomic mass is 35.5. The Labute approximate surface area is 110 Å². The maximum atomic E-state index is 11.6. The number of cyclic esters (lactones) is 1. The standard InChI is InChI=1S/C12H14ClNO4/c1-11(16)12(2,17)18-10(15)14(11)7-8-3-5-9(13)6-4-8/h3-6,16-17H,7H2,1-2H3/t11-,12+/m0/s1. The molecule has 1 aromatic carbocycles. The summed E-state index contributed by atoms with van der Waals surface area (Å²) in [4.78, 5) is 12.7. The Morgan fingerprint density at radius 2 is 1.83 bits per heavy atom. The van der Waals surface area contributed by atoms with Gasteiger partial charge in [-0.1, -0.05) is 23.7 Å². The highest BCUT2D eigenvalue weighted by molar-refractivity contribution is 6.30. The monoisotopic (exact) mass is 271 g/mol. The molecule has 2 N–H and O–H groups in total. The molecule has 1 amide bonds. The lowest BCUT2D eigenvalue weighted by molar-refractivity contribution is -0.248. The largest absolute Gasteiger partial charge is 0.415 e. The zero-order chi connectivity index (χ0) is 13.6. The second-order valence-electron chi connectivity index (χ2n) is 4.58. The summed E-state index contributed by atoms with van der Waals surface area (Å²) in [5, 5.41) is 20.6. The van der Waals surface area contributed by atoms with Gasteiger partial charge in [0.05, 0.1) is 6.54 Å². The van der Waals surface area contributed by atoms with Crippen LogP contribution >= 0.6 is 11.6 Å². The first kappa shape index (κ1) is 13.1. The van der Waals surface area contributed by atoms with Crippen molar-refractivity contribution in [3.63, 3.8) is 0 Å². The Balaban J connectivity index is 2.24. The molecule has 0 aromatic heterocycles. The van der Waals surface area contributed by atoms with Crippen LogP contribution in [0.2, 0.25) is 5.02 Å². The number of ether oxygens (including phenoxy) is 1. The van der Waals surface area contributed by atoms with Gasteiger partial charge in [0.15, 0.2) is 0 Å². The lowest BCUT2D eigenvalue weighted by Crippen LogP contribution is -2.54. The second kappa shape index (κ2) is 4.12. The van der Waals surface area contributed by atoms with Gasteiger partial charge in [0.25, 0.3) is 5.79 Å². The van der Waals surface area contributed by atoms with Crippen molar-refractivity contribution < 1.29 is 19.7 Å². The summed E-state index contributed by atoms with van der Waals surface area (Å²) in [6.45, 7) is 2.69. The third-order valence-electron chi connectivity index (χ3n) is 3.16. The number of nitrogens with zero attached hydrogens (tertiary/aromatic N) is 1. The fourth-order valence-electron chi connectivity index (χ4n) is 1.74. The number of carbonyl (C=O) groups excluding carboxylic acids is 1. The van der Waals surface area contributed by atoms with E-state index in [0.29, 0.717) is 5.02 Å². The van der Waals surface area contributed by atoms with Crippen LogP contribution in [0.25, 0.3) is 0 Å². The van der Waals surface area contributed by atoms with E-state index in [1.165, 1.54) is 13.8 Å². The molecular formula is C12H14ClNO4. The van der Waals surface area contributed by atoms with Crippen molar-refractivity contribution >= 4 is 17.7 Å². The minimum absolute atomic E-state index is 0.124. The van der Waals surface area contributed by atoms with E-state index in [-0.39, 0.29) is 6.54 Å². The van der Waals surface area contributed by atoms with Crippen molar-refractivity contribution in [3.8, 4) is 0 Å². The van der Waals surface area contributed by atoms with E-state index >= 15 is 0 Å². The molecule has 0 bridgehead atoms. The average molecular weight is 272 g/mol. The van der Waals surface area contributed by atoms with Crippen LogP contribution in [-0.2, 0) is 11.3 Å². The van der Waals surface area contributed by atoms with Crippen molar-refractivity contribution in [3.05, 3.63) is 34.9 Å². The number of halogens is 1. The summed E-state index contributed by atoms with van der Waals surface area (Å²) in [7, 11) is 0. The summed E-state index contributed by atoms with van der Waals surface area (Å²) in [6, 6.07) is 6.84. The van der Waals surface area contributed by atoms with E-state index in [0.717, 1.165) is 10.5 Å². The maximum absolute atomic E-state index is 11.6. The van der Waals surface area contributed by atoms with Crippen LogP contribution in [-0.4, -0.2) is 32.7 Å². The SMILES string of the molecule is C[C@@]1(O)OC(=O)N(Cc2ccc(Cl)cc2)[C@@]1(C)O. The number of amides is 1. The van der Waals surface area contributed by atoms with Crippen molar-refractivity contribution in [2.75, 3.05) is 0 Å². The molecule has 2 rings (SSSR count). The number of benzene rings is 1. The maximum Gasteiger partial charge on any atom is 0.415 e. The molecule has 1 saturated heterocycles. The fraction of sp³-hybridized carbons (Fsp3) is 0.417. The topological polar surface area (TPSA) is 70.0 Å². The smallest absolute Gasteiger partial charge is 0.412 e. The van der Waals surface area contributed by atoms with E-state index in [2.05, 4.69) is 0 Å². The van der Waals surface area contributed by atoms with Crippen molar-refractivity contribution in [1.82, 2.24) is 4.90 Å². The van der Waals surface area contributed by atoms with Crippen LogP contribution in [0.15, 0.2) is 24.3 Å². The summed E-state index contributed by atoms with van der Waals surface area (Å²) in [5.41, 5.74) is -1.02. The van der Waals surface area contributed by atoms with Crippen LogP contribution in [0.5, 0.6) is 0 Å². The first-order valence-corrected chi connectivity index (χ1v) is 5.81. The fourth-order valence-corrected chi connectivity index (χ4v) is 1.87. The van der Waals surface area contributed by atoms with Crippen LogP contribution in [0.3, 0.4) is 0 Å². The summed E-state index contributed by atoms with van der Waals surface area (Å²) in [5.74, 6) is -1.93. The van der Waals surface area contributed by atoms with Gasteiger partial charge >= 0.3 is 6.09 Å². The van der Waals surface area contributed by atoms with Crippen LogP contribution in [0, 0.1) is 0 Å². The molecule has 1 heterocycles. The molecule has 0 unspecified atom stereocenters. The quantitative estimate of drug-likeness (QED) is 0.859. The minimum Gasteiger partial charge on any atom is -0.412 e. The molecular weight excluding hydrogens is 258 g/mol. The molecule has 0 radical (unpaired) electrons. The van der Waals surface area contributed by atoms with Gasteiger partial charge in [0.1, 0.15) is 0 Å². The molecule has 5 nitrogen and oxygen atoms in total. The Morgan fingerprint density at radius 3 is 2.28 bits per heavy atom. The van der Waals surface area contributed by atoms with Gasteiger partial charge in [-0.05, 0) is 24.6 Å². The average Bonchev–Trinajstić information content (AvgIpc) is 2.40. The summed E-state index contributed by atoms with van der Waals surface area (Å²) >= 11 is 5.76. The minimum atomic E-state index is -1.93. The predicted molar refractivity (Wildman–Crippen MR) is 64.7 cm³/mol. The molecule has 2 atom stereocenters. The molecule has 1 fully saturated rings. The van der Waals surface area contributed by atoms with Crippen molar-refractivity contribution in [1.29, 1.82) is 0 Å². The number of hydrogen-bond donors (Lipinski definition) is 2. The van der Waals surface area contributed by atoms with E-state index < -0.39 is 17.6 Å². The first-order valence-electron chi connectivity index (χ1n) is 5.44. The molecule has 98 valence electrons. The number of hydrogen-bond acceptors (Lipinski definition) is 4. The Hall–Kier alpha value is -1.30. The third kappa shape index (κ3) is 2.05. The van der Waals surface area contributed by atoms with Gasteiger partial charge < -0.3 is 14.9 Å². The predicted octanol–water partition coefficient (Wildman–Crippen LogP) is 1.71. The normalized spacial score (nSPS) is 31.6. The van der Waals surface area contributed by atoms with Crippen LogP contribution < -0.4 is 0 Å². The number of rotatable bonds is 2. The van der Waals surface area contributed by atoms with Gasteiger partial charge in [-0.15, -0.1) is 0 Å². The Kier molecular flexibility index (Phi) is 3.01. The molecule has 1 aromatic rings. The number of aliphatic hydroxyl groups is 2. The summed E-state index contributed by atoms with van der Waals surface area (Å²) < 4.78 is 4.74. The van der Waals surface area contributed by atoms with Crippen molar-refractivity contribution in [2.24, 2.45) is 0 Å². The lowest BCUT2D eigenvalue weighted by Gasteiger charge is -2.33. The van der Waals surface area contributed by atoms with Gasteiger partial charge in [0, 0.05) is 11.9 Å². The lowest BCUT2D eigenvalue weighted by atomic mass is 10.1. The second-order valence-corrected chi connectivity index (χ2v) is 5.02. The molecule has 6 heteroatoms. The highest BCUT2D eigenvalue weighted by Gasteiger charge is 2.58. The van der Waals surface area contributed by atoms with Crippen LogP contribution in [0.4, 0.5) is 4.79 Å². The Bertz CT molecular complexity index is 469. The van der Waals surface area contributed by atoms with E-state index in [1.807, 2.05) is 0 Å². The molecule has 18 heavy (non-hydrogen) atoms. The van der Waals surface area contributed by atoms with Gasteiger partial charge in [-0.25, -0.2) is 4.79 Å². The zero-order valence-corrected chi connectivity index (χ0v) is 10.8. The zero-order valence-electron chi connectivity index (χ0n) is 10.1. The molecule has 1 aliphatic heterocycles. The molecule has 0 aliphatic carbocycles. The molecule has 0 saturated carbocycles. The third-order valence-corrected chi connectivity index (χ3v) is 3.42. The van der Waals surface area contributed by atoms with Crippen LogP contribution in [0.1, 0.15) is 19.4 Å². The number of carbonyl (C=O) groups is 1. The van der Waals surface area contributed by atoms with Gasteiger partial charge in [-0.2, -0.15) is 0 Å². The Morgan fingerprint density at radius 1 is 1.28 bits per heavy atom. The van der Waals surface area contributed by atoms with Crippen molar-refractivity contribution in [2.45, 2.75) is 31.9 Å². The van der Waals surface area contributed by atoms with E-state index in [1.54, 1.807) is 24.3 Å². The molecule has 0 spiro atoms. The first-order chi connectivity index (χ1) is 8.24. The summed E-state index contributed by atoms with van der Waals surface area (Å²) in [6.07, 6.45) is -0.764. The van der Waals surface area contributed by atoms with E-state index in [4.69, 9.17) is 16.3 Å². The van der Waals surface area contributed by atoms with E-state index in [9.17, 15) is 15.0 Å². The molecule has 1 aliphatic rings. The van der Waals surface area contributed by atoms with Gasteiger partial charge in [0.2, 0.25) is 5.72 Å².